The number of aromatic carboxylic acids is 1. The Balaban J connectivity index is 1.87. The minimum Gasteiger partial charge on any atom is -0.478 e. The fourth-order valence-electron chi connectivity index (χ4n) is 2.40. The van der Waals surface area contributed by atoms with Crippen LogP contribution in [-0.2, 0) is 4.74 Å². The van der Waals surface area contributed by atoms with E-state index in [0.29, 0.717) is 19.7 Å². The van der Waals surface area contributed by atoms with Crippen molar-refractivity contribution in [1.29, 1.82) is 0 Å². The van der Waals surface area contributed by atoms with Crippen LogP contribution in [-0.4, -0.2) is 47.8 Å². The Kier molecular flexibility index (Phi) is 5.03. The zero-order valence-electron chi connectivity index (χ0n) is 12.0. The van der Waals surface area contributed by atoms with E-state index in [1.54, 1.807) is 30.0 Å². The number of carbonyl (C=O) groups excluding carboxylic acids is 1. The van der Waals surface area contributed by atoms with Crippen molar-refractivity contribution in [2.75, 3.05) is 25.0 Å². The molecule has 1 heterocycles. The molecule has 114 valence electrons. The van der Waals surface area contributed by atoms with Crippen LogP contribution in [0, 0.1) is 0 Å². The van der Waals surface area contributed by atoms with E-state index in [4.69, 9.17) is 9.84 Å². The number of piperidine rings is 1. The van der Waals surface area contributed by atoms with Crippen LogP contribution in [0.5, 0.6) is 0 Å². The van der Waals surface area contributed by atoms with E-state index < -0.39 is 5.97 Å². The summed E-state index contributed by atoms with van der Waals surface area (Å²) < 4.78 is 4.98. The number of nitrogens with one attached hydrogen (secondary N) is 1. The highest BCUT2D eigenvalue weighted by Gasteiger charge is 2.23. The predicted molar refractivity (Wildman–Crippen MR) is 78.6 cm³/mol. The molecule has 6 heteroatoms. The summed E-state index contributed by atoms with van der Waals surface area (Å²) in [6.07, 6.45) is 1.37. The molecule has 0 atom stereocenters. The maximum Gasteiger partial charge on any atom is 0.409 e. The van der Waals surface area contributed by atoms with Crippen molar-refractivity contribution in [1.82, 2.24) is 4.90 Å². The Labute approximate surface area is 123 Å². The highest BCUT2D eigenvalue weighted by atomic mass is 16.6. The van der Waals surface area contributed by atoms with Crippen molar-refractivity contribution in [2.24, 2.45) is 0 Å². The van der Waals surface area contributed by atoms with Gasteiger partial charge in [0.2, 0.25) is 0 Å². The van der Waals surface area contributed by atoms with Crippen molar-refractivity contribution in [2.45, 2.75) is 25.8 Å². The second-order valence-electron chi connectivity index (χ2n) is 4.99. The number of hydrogen-bond donors (Lipinski definition) is 2. The van der Waals surface area contributed by atoms with Crippen LogP contribution in [0.25, 0.3) is 0 Å². The van der Waals surface area contributed by atoms with Crippen molar-refractivity contribution in [3.63, 3.8) is 0 Å². The lowest BCUT2D eigenvalue weighted by Crippen LogP contribution is -2.42. The van der Waals surface area contributed by atoms with E-state index in [1.165, 1.54) is 0 Å². The molecule has 0 radical (unpaired) electrons. The van der Waals surface area contributed by atoms with Crippen molar-refractivity contribution in [3.05, 3.63) is 29.8 Å². The molecule has 1 amide bonds. The van der Waals surface area contributed by atoms with Gasteiger partial charge in [0.15, 0.2) is 0 Å². The Morgan fingerprint density at radius 3 is 2.71 bits per heavy atom. The molecule has 1 aliphatic heterocycles. The monoisotopic (exact) mass is 292 g/mol. The molecule has 21 heavy (non-hydrogen) atoms. The maximum atomic E-state index is 11.6. The predicted octanol–water partition coefficient (Wildman–Crippen LogP) is 2.42. The van der Waals surface area contributed by atoms with Gasteiger partial charge in [-0.15, -0.1) is 0 Å². The van der Waals surface area contributed by atoms with Gasteiger partial charge in [0.25, 0.3) is 0 Å². The minimum atomic E-state index is -0.934. The summed E-state index contributed by atoms with van der Waals surface area (Å²) in [5.41, 5.74) is 1.06. The number of hydrogen-bond acceptors (Lipinski definition) is 4. The van der Waals surface area contributed by atoms with Crippen LogP contribution in [0.4, 0.5) is 10.5 Å². The van der Waals surface area contributed by atoms with Crippen molar-refractivity contribution >= 4 is 17.7 Å². The lowest BCUT2D eigenvalue weighted by Gasteiger charge is -2.32. The molecule has 0 aromatic heterocycles. The van der Waals surface area contributed by atoms with E-state index in [0.717, 1.165) is 18.5 Å². The molecule has 6 nitrogen and oxygen atoms in total. The fourth-order valence-corrected chi connectivity index (χ4v) is 2.40. The highest BCUT2D eigenvalue weighted by molar-refractivity contribution is 5.88. The normalized spacial score (nSPS) is 15.6. The largest absolute Gasteiger partial charge is 0.478 e. The molecule has 2 N–H and O–H groups in total. The molecular weight excluding hydrogens is 272 g/mol. The summed E-state index contributed by atoms with van der Waals surface area (Å²) in [7, 11) is 0. The third-order valence-corrected chi connectivity index (χ3v) is 3.50. The average Bonchev–Trinajstić information content (AvgIpc) is 2.48. The van der Waals surface area contributed by atoms with Gasteiger partial charge in [-0.25, -0.2) is 9.59 Å². The van der Waals surface area contributed by atoms with E-state index in [2.05, 4.69) is 5.32 Å². The van der Waals surface area contributed by atoms with Gasteiger partial charge in [0.1, 0.15) is 0 Å². The van der Waals surface area contributed by atoms with Crippen LogP contribution in [0.3, 0.4) is 0 Å². The van der Waals surface area contributed by atoms with Crippen LogP contribution in [0.1, 0.15) is 30.1 Å². The summed E-state index contributed by atoms with van der Waals surface area (Å²) in [6.45, 7) is 3.48. The third-order valence-electron chi connectivity index (χ3n) is 3.50. The molecule has 0 bridgehead atoms. The molecule has 2 rings (SSSR count). The molecule has 1 saturated heterocycles. The lowest BCUT2D eigenvalue weighted by molar-refractivity contribution is 0.0696. The number of ether oxygens (including phenoxy) is 1. The molecule has 0 aliphatic carbocycles. The van der Waals surface area contributed by atoms with Gasteiger partial charge < -0.3 is 20.1 Å². The van der Waals surface area contributed by atoms with Gasteiger partial charge in [-0.1, -0.05) is 6.07 Å². The second-order valence-corrected chi connectivity index (χ2v) is 4.99. The van der Waals surface area contributed by atoms with E-state index >= 15 is 0 Å². The van der Waals surface area contributed by atoms with Crippen LogP contribution >= 0.6 is 0 Å². The Bertz CT molecular complexity index is 510. The lowest BCUT2D eigenvalue weighted by atomic mass is 10.0. The zero-order valence-corrected chi connectivity index (χ0v) is 12.0. The molecule has 1 aromatic carbocycles. The van der Waals surface area contributed by atoms with E-state index in [9.17, 15) is 9.59 Å². The summed E-state index contributed by atoms with van der Waals surface area (Å²) in [5.74, 6) is -0.934. The summed E-state index contributed by atoms with van der Waals surface area (Å²) in [5, 5.41) is 12.3. The molecule has 0 unspecified atom stereocenters. The standard InChI is InChI=1S/C15H20N2O4/c1-2-21-15(20)17-8-6-12(7-9-17)16-13-5-3-4-11(10-13)14(18)19/h3-5,10,12,16H,2,6-9H2,1H3,(H,18,19). The Hall–Kier alpha value is -2.24. The first-order valence-electron chi connectivity index (χ1n) is 7.11. The number of likely N-dealkylation sites (tertiary alicyclic amines) is 1. The molecular formula is C15H20N2O4. The average molecular weight is 292 g/mol. The highest BCUT2D eigenvalue weighted by Crippen LogP contribution is 2.18. The SMILES string of the molecule is CCOC(=O)N1CCC(Nc2cccc(C(=O)O)c2)CC1. The topological polar surface area (TPSA) is 78.9 Å². The maximum absolute atomic E-state index is 11.6. The number of amides is 1. The van der Waals surface area contributed by atoms with E-state index in [-0.39, 0.29) is 17.7 Å². The Morgan fingerprint density at radius 2 is 2.10 bits per heavy atom. The zero-order chi connectivity index (χ0) is 15.2. The Morgan fingerprint density at radius 1 is 1.38 bits per heavy atom. The quantitative estimate of drug-likeness (QED) is 0.891. The second kappa shape index (κ2) is 6.97. The summed E-state index contributed by atoms with van der Waals surface area (Å²) >= 11 is 0. The smallest absolute Gasteiger partial charge is 0.409 e. The number of anilines is 1. The first-order chi connectivity index (χ1) is 10.1. The number of nitrogens with zero attached hydrogens (tertiary/aromatic N) is 1. The number of carboxylic acid groups (broad SMARTS) is 1. The third kappa shape index (κ3) is 4.11. The minimum absolute atomic E-state index is 0.236. The van der Waals surface area contributed by atoms with Crippen LogP contribution in [0.2, 0.25) is 0 Å². The van der Waals surface area contributed by atoms with Crippen molar-refractivity contribution in [3.8, 4) is 0 Å². The van der Waals surface area contributed by atoms with Gasteiger partial charge >= 0.3 is 12.1 Å². The molecule has 1 aliphatic rings. The fraction of sp³-hybridized carbons (Fsp3) is 0.467. The molecule has 1 fully saturated rings. The first kappa shape index (κ1) is 15.2. The molecule has 0 saturated carbocycles. The van der Waals surface area contributed by atoms with Gasteiger partial charge in [-0.3, -0.25) is 0 Å². The number of benzene rings is 1. The summed E-state index contributed by atoms with van der Waals surface area (Å²) in [6, 6.07) is 7.00. The van der Waals surface area contributed by atoms with Crippen LogP contribution in [0.15, 0.2) is 24.3 Å². The van der Waals surface area contributed by atoms with Gasteiger partial charge in [0, 0.05) is 24.8 Å². The van der Waals surface area contributed by atoms with Crippen LogP contribution < -0.4 is 5.32 Å². The first-order valence-corrected chi connectivity index (χ1v) is 7.11. The number of carboxylic acids is 1. The molecule has 0 spiro atoms. The molecule has 1 aromatic rings. The summed E-state index contributed by atoms with van der Waals surface area (Å²) in [4.78, 5) is 24.2. The van der Waals surface area contributed by atoms with Gasteiger partial charge in [-0.2, -0.15) is 0 Å². The number of carbonyl (C=O) groups is 2. The van der Waals surface area contributed by atoms with Gasteiger partial charge in [-0.05, 0) is 38.0 Å². The van der Waals surface area contributed by atoms with Gasteiger partial charge in [0.05, 0.1) is 12.2 Å². The number of rotatable bonds is 4. The van der Waals surface area contributed by atoms with Crippen molar-refractivity contribution < 1.29 is 19.4 Å². The van der Waals surface area contributed by atoms with E-state index in [1.807, 2.05) is 6.07 Å².